The summed E-state index contributed by atoms with van der Waals surface area (Å²) in [6, 6.07) is 8.30. The number of guanidine groups is 1. The maximum Gasteiger partial charge on any atom is 0.191 e. The van der Waals surface area contributed by atoms with Gasteiger partial charge in [-0.1, -0.05) is 17.7 Å². The summed E-state index contributed by atoms with van der Waals surface area (Å²) >= 11 is 6.29. The molecule has 0 saturated carbocycles. The van der Waals surface area contributed by atoms with Crippen molar-refractivity contribution < 1.29 is 0 Å². The molecular weight excluding hydrogens is 386 g/mol. The summed E-state index contributed by atoms with van der Waals surface area (Å²) in [4.78, 5) is 18.0. The van der Waals surface area contributed by atoms with E-state index in [0.717, 1.165) is 55.8 Å². The summed E-state index contributed by atoms with van der Waals surface area (Å²) in [6.45, 7) is 4.69. The van der Waals surface area contributed by atoms with Crippen LogP contribution < -0.4 is 20.4 Å². The molecule has 2 aliphatic heterocycles. The van der Waals surface area contributed by atoms with Crippen molar-refractivity contribution in [1.29, 1.82) is 0 Å². The zero-order valence-electron chi connectivity index (χ0n) is 16.8. The average Bonchev–Trinajstić information content (AvgIpc) is 3.44. The second kappa shape index (κ2) is 9.31. The molecule has 2 saturated heterocycles. The van der Waals surface area contributed by atoms with Crippen molar-refractivity contribution in [3.63, 3.8) is 0 Å². The van der Waals surface area contributed by atoms with Crippen molar-refractivity contribution in [2.24, 2.45) is 4.99 Å². The third-order valence-corrected chi connectivity index (χ3v) is 5.79. The predicted octanol–water partition coefficient (Wildman–Crippen LogP) is 2.67. The summed E-state index contributed by atoms with van der Waals surface area (Å²) in [5.74, 6) is 2.73. The zero-order valence-corrected chi connectivity index (χ0v) is 17.6. The van der Waals surface area contributed by atoms with Crippen LogP contribution in [0.15, 0.2) is 41.7 Å². The van der Waals surface area contributed by atoms with E-state index in [1.54, 1.807) is 13.2 Å². The first-order valence-corrected chi connectivity index (χ1v) is 10.6. The number of anilines is 2. The quantitative estimate of drug-likeness (QED) is 0.580. The molecule has 2 aliphatic rings. The zero-order chi connectivity index (χ0) is 20.1. The van der Waals surface area contributed by atoms with Gasteiger partial charge in [-0.05, 0) is 43.0 Å². The molecule has 1 atom stereocenters. The van der Waals surface area contributed by atoms with Crippen molar-refractivity contribution >= 4 is 29.2 Å². The van der Waals surface area contributed by atoms with Gasteiger partial charge in [0.1, 0.15) is 11.6 Å². The smallest absolute Gasteiger partial charge is 0.191 e. The first-order valence-electron chi connectivity index (χ1n) is 10.3. The lowest BCUT2D eigenvalue weighted by Crippen LogP contribution is -2.44. The topological polar surface area (TPSA) is 68.7 Å². The molecule has 0 aromatic carbocycles. The first kappa shape index (κ1) is 19.8. The molecule has 0 spiro atoms. The minimum atomic E-state index is 0.301. The van der Waals surface area contributed by atoms with E-state index in [1.807, 2.05) is 18.3 Å². The minimum Gasteiger partial charge on any atom is -0.357 e. The van der Waals surface area contributed by atoms with Gasteiger partial charge in [0.25, 0.3) is 0 Å². The van der Waals surface area contributed by atoms with Crippen molar-refractivity contribution in [2.45, 2.75) is 31.8 Å². The summed E-state index contributed by atoms with van der Waals surface area (Å²) in [6.07, 6.45) is 7.27. The number of nitrogens with one attached hydrogen (secondary N) is 2. The van der Waals surface area contributed by atoms with Crippen molar-refractivity contribution in [3.05, 3.63) is 47.2 Å². The third kappa shape index (κ3) is 4.90. The van der Waals surface area contributed by atoms with Gasteiger partial charge in [0.2, 0.25) is 0 Å². The molecular formula is C21H28ClN7. The van der Waals surface area contributed by atoms with Crippen LogP contribution in [0.1, 0.15) is 24.8 Å². The van der Waals surface area contributed by atoms with Crippen LogP contribution in [0.4, 0.5) is 11.6 Å². The Hall–Kier alpha value is -2.54. The lowest BCUT2D eigenvalue weighted by atomic mass is 10.2. The Kier molecular flexibility index (Phi) is 6.34. The largest absolute Gasteiger partial charge is 0.357 e. The SMILES string of the molecule is CN=C(NCc1ccc(N2CCCC2)nc1)NC1CCN(c2ncccc2Cl)C1. The molecule has 154 valence electrons. The lowest BCUT2D eigenvalue weighted by molar-refractivity contribution is 0.648. The van der Waals surface area contributed by atoms with Gasteiger partial charge in [0.05, 0.1) is 5.02 Å². The van der Waals surface area contributed by atoms with E-state index in [4.69, 9.17) is 11.6 Å². The standard InChI is InChI=1S/C21H28ClN7/c1-23-21(26-14-16-6-7-19(25-13-16)28-10-2-3-11-28)27-17-8-12-29(15-17)20-18(22)5-4-9-24-20/h4-7,9,13,17H,2-3,8,10-12,14-15H2,1H3,(H2,23,26,27). The molecule has 2 N–H and O–H groups in total. The van der Waals surface area contributed by atoms with Gasteiger partial charge < -0.3 is 20.4 Å². The predicted molar refractivity (Wildman–Crippen MR) is 119 cm³/mol. The van der Waals surface area contributed by atoms with E-state index in [0.29, 0.717) is 17.6 Å². The number of rotatable bonds is 5. The second-order valence-electron chi connectivity index (χ2n) is 7.53. The van der Waals surface area contributed by atoms with Gasteiger partial charge in [-0.2, -0.15) is 0 Å². The Morgan fingerprint density at radius 2 is 2.03 bits per heavy atom. The molecule has 7 nitrogen and oxygen atoms in total. The Morgan fingerprint density at radius 3 is 2.76 bits per heavy atom. The molecule has 29 heavy (non-hydrogen) atoms. The highest BCUT2D eigenvalue weighted by molar-refractivity contribution is 6.32. The van der Waals surface area contributed by atoms with Gasteiger partial charge in [0, 0.05) is 58.2 Å². The fourth-order valence-corrected chi connectivity index (χ4v) is 4.15. The number of aliphatic imine (C=N–C) groups is 1. The Labute approximate surface area is 177 Å². The van der Waals surface area contributed by atoms with Crippen molar-refractivity contribution in [2.75, 3.05) is 43.0 Å². The van der Waals surface area contributed by atoms with Crippen LogP contribution in [-0.4, -0.2) is 55.2 Å². The maximum absolute atomic E-state index is 6.29. The van der Waals surface area contributed by atoms with Gasteiger partial charge >= 0.3 is 0 Å². The molecule has 1 unspecified atom stereocenters. The first-order chi connectivity index (χ1) is 14.2. The molecule has 4 rings (SSSR count). The molecule has 2 aromatic rings. The van der Waals surface area contributed by atoms with E-state index in [1.165, 1.54) is 12.8 Å². The van der Waals surface area contributed by atoms with E-state index < -0.39 is 0 Å². The summed E-state index contributed by atoms with van der Waals surface area (Å²) < 4.78 is 0. The maximum atomic E-state index is 6.29. The number of halogens is 1. The second-order valence-corrected chi connectivity index (χ2v) is 7.94. The normalized spacial score (nSPS) is 19.7. The summed E-state index contributed by atoms with van der Waals surface area (Å²) in [5, 5.41) is 7.60. The summed E-state index contributed by atoms with van der Waals surface area (Å²) in [7, 11) is 1.80. The molecule has 4 heterocycles. The van der Waals surface area contributed by atoms with E-state index in [-0.39, 0.29) is 0 Å². The average molecular weight is 414 g/mol. The van der Waals surface area contributed by atoms with Gasteiger partial charge in [-0.15, -0.1) is 0 Å². The number of pyridine rings is 2. The summed E-state index contributed by atoms with van der Waals surface area (Å²) in [5.41, 5.74) is 1.14. The Morgan fingerprint density at radius 1 is 1.17 bits per heavy atom. The third-order valence-electron chi connectivity index (χ3n) is 5.49. The molecule has 0 amide bonds. The number of hydrogen-bond donors (Lipinski definition) is 2. The van der Waals surface area contributed by atoms with Crippen LogP contribution in [0.25, 0.3) is 0 Å². The van der Waals surface area contributed by atoms with Crippen LogP contribution in [0, 0.1) is 0 Å². The van der Waals surface area contributed by atoms with Crippen LogP contribution in [0.2, 0.25) is 5.02 Å². The number of nitrogens with zero attached hydrogens (tertiary/aromatic N) is 5. The highest BCUT2D eigenvalue weighted by Gasteiger charge is 2.25. The van der Waals surface area contributed by atoms with Crippen LogP contribution >= 0.6 is 11.6 Å². The molecule has 0 bridgehead atoms. The van der Waals surface area contributed by atoms with Crippen LogP contribution in [-0.2, 0) is 6.54 Å². The van der Waals surface area contributed by atoms with Gasteiger partial charge in [-0.25, -0.2) is 9.97 Å². The highest BCUT2D eigenvalue weighted by Crippen LogP contribution is 2.25. The monoisotopic (exact) mass is 413 g/mol. The van der Waals surface area contributed by atoms with E-state index in [2.05, 4.69) is 47.5 Å². The number of hydrogen-bond acceptors (Lipinski definition) is 5. The van der Waals surface area contributed by atoms with Crippen LogP contribution in [0.3, 0.4) is 0 Å². The van der Waals surface area contributed by atoms with Crippen molar-refractivity contribution in [1.82, 2.24) is 20.6 Å². The fourth-order valence-electron chi connectivity index (χ4n) is 3.91. The molecule has 0 aliphatic carbocycles. The highest BCUT2D eigenvalue weighted by atomic mass is 35.5. The number of aromatic nitrogens is 2. The minimum absolute atomic E-state index is 0.301. The Balaban J connectivity index is 1.27. The molecule has 2 fully saturated rings. The lowest BCUT2D eigenvalue weighted by Gasteiger charge is -2.20. The van der Waals surface area contributed by atoms with Gasteiger partial charge in [-0.3, -0.25) is 4.99 Å². The van der Waals surface area contributed by atoms with Crippen LogP contribution in [0.5, 0.6) is 0 Å². The van der Waals surface area contributed by atoms with Crippen molar-refractivity contribution in [3.8, 4) is 0 Å². The fraction of sp³-hybridized carbons (Fsp3) is 0.476. The molecule has 2 aromatic heterocycles. The van der Waals surface area contributed by atoms with E-state index >= 15 is 0 Å². The molecule has 8 heteroatoms. The molecule has 0 radical (unpaired) electrons. The Bertz CT molecular complexity index is 833. The van der Waals surface area contributed by atoms with E-state index in [9.17, 15) is 0 Å². The van der Waals surface area contributed by atoms with Gasteiger partial charge in [0.15, 0.2) is 5.96 Å².